The smallest absolute Gasteiger partial charge is 0.265 e. The zero-order valence-electron chi connectivity index (χ0n) is 11.4. The predicted octanol–water partition coefficient (Wildman–Crippen LogP) is 4.16. The predicted molar refractivity (Wildman–Crippen MR) is 84.0 cm³/mol. The number of hydrogen-bond acceptors (Lipinski definition) is 2. The molecule has 20 heavy (non-hydrogen) atoms. The van der Waals surface area contributed by atoms with E-state index in [0.29, 0.717) is 5.75 Å². The van der Waals surface area contributed by atoms with Crippen LogP contribution in [0.2, 0.25) is 0 Å². The highest BCUT2D eigenvalue weighted by Gasteiger charge is 2.14. The fourth-order valence-corrected chi connectivity index (χ4v) is 1.97. The lowest BCUT2D eigenvalue weighted by atomic mass is 10.2. The standard InChI is InChI=1S/C16H16BrNO2/c1-11-10-13(8-9-15(11)17)18-16(19)12(2)20-14-6-4-3-5-7-14/h3-10,12H,1-2H3,(H,18,19)/t12-/m0/s1. The Hall–Kier alpha value is -1.81. The van der Waals surface area contributed by atoms with Gasteiger partial charge in [0.1, 0.15) is 5.75 Å². The molecule has 0 saturated heterocycles. The number of hydrogen-bond donors (Lipinski definition) is 1. The first-order chi connectivity index (χ1) is 9.56. The Labute approximate surface area is 127 Å². The van der Waals surface area contributed by atoms with Crippen LogP contribution < -0.4 is 10.1 Å². The number of nitrogens with one attached hydrogen (secondary N) is 1. The SMILES string of the molecule is Cc1cc(NC(=O)[C@H](C)Oc2ccccc2)ccc1Br. The van der Waals surface area contributed by atoms with Gasteiger partial charge in [0.15, 0.2) is 6.10 Å². The average molecular weight is 334 g/mol. The molecule has 1 amide bonds. The first-order valence-electron chi connectivity index (χ1n) is 6.35. The van der Waals surface area contributed by atoms with Crippen molar-refractivity contribution in [1.82, 2.24) is 0 Å². The summed E-state index contributed by atoms with van der Waals surface area (Å²) < 4.78 is 6.60. The Morgan fingerprint density at radius 2 is 1.90 bits per heavy atom. The van der Waals surface area contributed by atoms with Crippen molar-refractivity contribution < 1.29 is 9.53 Å². The fraction of sp³-hybridized carbons (Fsp3) is 0.188. The maximum atomic E-state index is 12.1. The number of ether oxygens (including phenoxy) is 1. The molecule has 0 radical (unpaired) electrons. The largest absolute Gasteiger partial charge is 0.481 e. The summed E-state index contributed by atoms with van der Waals surface area (Å²) in [6.45, 7) is 3.71. The Balaban J connectivity index is 1.99. The second-order valence-electron chi connectivity index (χ2n) is 4.53. The zero-order valence-corrected chi connectivity index (χ0v) is 13.0. The van der Waals surface area contributed by atoms with Crippen molar-refractivity contribution in [3.8, 4) is 5.75 Å². The summed E-state index contributed by atoms with van der Waals surface area (Å²) in [6, 6.07) is 15.0. The molecule has 0 spiro atoms. The third-order valence-electron chi connectivity index (χ3n) is 2.85. The van der Waals surface area contributed by atoms with Crippen molar-refractivity contribution in [3.63, 3.8) is 0 Å². The maximum Gasteiger partial charge on any atom is 0.265 e. The molecule has 0 heterocycles. The molecule has 2 rings (SSSR count). The molecular formula is C16H16BrNO2. The third-order valence-corrected chi connectivity index (χ3v) is 3.74. The highest BCUT2D eigenvalue weighted by atomic mass is 79.9. The van der Waals surface area contributed by atoms with Gasteiger partial charge < -0.3 is 10.1 Å². The fourth-order valence-electron chi connectivity index (χ4n) is 1.72. The highest BCUT2D eigenvalue weighted by Crippen LogP contribution is 2.20. The normalized spacial score (nSPS) is 11.8. The van der Waals surface area contributed by atoms with Crippen LogP contribution in [0.3, 0.4) is 0 Å². The summed E-state index contributed by atoms with van der Waals surface area (Å²) in [4.78, 5) is 12.1. The van der Waals surface area contributed by atoms with Gasteiger partial charge in [0.05, 0.1) is 0 Å². The minimum atomic E-state index is -0.554. The number of aryl methyl sites for hydroxylation is 1. The summed E-state index contributed by atoms with van der Waals surface area (Å²) in [5.41, 5.74) is 1.83. The number of rotatable bonds is 4. The van der Waals surface area contributed by atoms with Gasteiger partial charge in [-0.15, -0.1) is 0 Å². The van der Waals surface area contributed by atoms with Gasteiger partial charge in [0.25, 0.3) is 5.91 Å². The van der Waals surface area contributed by atoms with E-state index in [9.17, 15) is 4.79 Å². The van der Waals surface area contributed by atoms with E-state index >= 15 is 0 Å². The molecule has 104 valence electrons. The molecule has 0 aliphatic heterocycles. The molecule has 4 heteroatoms. The van der Waals surface area contributed by atoms with Gasteiger partial charge in [-0.05, 0) is 49.7 Å². The average Bonchev–Trinajstić information content (AvgIpc) is 2.44. The lowest BCUT2D eigenvalue weighted by Gasteiger charge is -2.15. The van der Waals surface area contributed by atoms with Crippen LogP contribution in [0.1, 0.15) is 12.5 Å². The molecule has 0 aliphatic carbocycles. The van der Waals surface area contributed by atoms with Crippen LogP contribution in [0.15, 0.2) is 53.0 Å². The van der Waals surface area contributed by atoms with Gasteiger partial charge in [-0.2, -0.15) is 0 Å². The van der Waals surface area contributed by atoms with Crippen molar-refractivity contribution >= 4 is 27.5 Å². The summed E-state index contributed by atoms with van der Waals surface area (Å²) in [6.07, 6.45) is -0.554. The van der Waals surface area contributed by atoms with E-state index in [2.05, 4.69) is 21.2 Å². The molecule has 2 aromatic carbocycles. The highest BCUT2D eigenvalue weighted by molar-refractivity contribution is 9.10. The van der Waals surface area contributed by atoms with E-state index in [4.69, 9.17) is 4.74 Å². The number of halogens is 1. The van der Waals surface area contributed by atoms with Crippen LogP contribution in [0.4, 0.5) is 5.69 Å². The molecule has 1 atom stereocenters. The van der Waals surface area contributed by atoms with E-state index in [1.807, 2.05) is 55.5 Å². The minimum Gasteiger partial charge on any atom is -0.481 e. The van der Waals surface area contributed by atoms with Crippen molar-refractivity contribution in [2.24, 2.45) is 0 Å². The van der Waals surface area contributed by atoms with E-state index in [1.165, 1.54) is 0 Å². The van der Waals surface area contributed by atoms with E-state index in [-0.39, 0.29) is 5.91 Å². The molecule has 0 aliphatic rings. The molecule has 2 aromatic rings. The quantitative estimate of drug-likeness (QED) is 0.912. The molecule has 0 unspecified atom stereocenters. The Bertz CT molecular complexity index is 599. The number of carbonyl (C=O) groups is 1. The van der Waals surface area contributed by atoms with E-state index in [0.717, 1.165) is 15.7 Å². The maximum absolute atomic E-state index is 12.1. The summed E-state index contributed by atoms with van der Waals surface area (Å²) in [7, 11) is 0. The van der Waals surface area contributed by atoms with Crippen LogP contribution in [0.5, 0.6) is 5.75 Å². The van der Waals surface area contributed by atoms with Crippen molar-refractivity contribution in [2.75, 3.05) is 5.32 Å². The topological polar surface area (TPSA) is 38.3 Å². The number of benzene rings is 2. The lowest BCUT2D eigenvalue weighted by molar-refractivity contribution is -0.122. The summed E-state index contributed by atoms with van der Waals surface area (Å²) in [5.74, 6) is 0.512. The molecule has 0 fully saturated rings. The van der Waals surface area contributed by atoms with Crippen LogP contribution in [-0.4, -0.2) is 12.0 Å². The second kappa shape index (κ2) is 6.57. The number of anilines is 1. The molecule has 0 aromatic heterocycles. The molecule has 3 nitrogen and oxygen atoms in total. The van der Waals surface area contributed by atoms with Gasteiger partial charge in [0.2, 0.25) is 0 Å². The minimum absolute atomic E-state index is 0.171. The zero-order chi connectivity index (χ0) is 14.5. The van der Waals surface area contributed by atoms with Gasteiger partial charge in [-0.25, -0.2) is 0 Å². The van der Waals surface area contributed by atoms with Crippen molar-refractivity contribution in [2.45, 2.75) is 20.0 Å². The second-order valence-corrected chi connectivity index (χ2v) is 5.38. The third kappa shape index (κ3) is 3.84. The monoisotopic (exact) mass is 333 g/mol. The van der Waals surface area contributed by atoms with Crippen LogP contribution in [-0.2, 0) is 4.79 Å². The van der Waals surface area contributed by atoms with Gasteiger partial charge in [0, 0.05) is 10.2 Å². The van der Waals surface area contributed by atoms with Crippen molar-refractivity contribution in [1.29, 1.82) is 0 Å². The van der Waals surface area contributed by atoms with Gasteiger partial charge in [-0.1, -0.05) is 34.1 Å². The van der Waals surface area contributed by atoms with Crippen LogP contribution in [0, 0.1) is 6.92 Å². The van der Waals surface area contributed by atoms with Crippen LogP contribution >= 0.6 is 15.9 Å². The number of amides is 1. The van der Waals surface area contributed by atoms with Gasteiger partial charge in [-0.3, -0.25) is 4.79 Å². The Kier molecular flexibility index (Phi) is 4.79. The van der Waals surface area contributed by atoms with Gasteiger partial charge >= 0.3 is 0 Å². The molecule has 0 saturated carbocycles. The summed E-state index contributed by atoms with van der Waals surface area (Å²) in [5, 5.41) is 2.85. The lowest BCUT2D eigenvalue weighted by Crippen LogP contribution is -2.30. The van der Waals surface area contributed by atoms with E-state index < -0.39 is 6.10 Å². The van der Waals surface area contributed by atoms with Crippen molar-refractivity contribution in [3.05, 3.63) is 58.6 Å². The van der Waals surface area contributed by atoms with E-state index in [1.54, 1.807) is 6.92 Å². The number of carbonyl (C=O) groups excluding carboxylic acids is 1. The molecule has 0 bridgehead atoms. The first-order valence-corrected chi connectivity index (χ1v) is 7.14. The van der Waals surface area contributed by atoms with Crippen LogP contribution in [0.25, 0.3) is 0 Å². The first kappa shape index (κ1) is 14.6. The Morgan fingerprint density at radius 3 is 2.55 bits per heavy atom. The molecule has 1 N–H and O–H groups in total. The number of para-hydroxylation sites is 1. The Morgan fingerprint density at radius 1 is 1.20 bits per heavy atom. The summed E-state index contributed by atoms with van der Waals surface area (Å²) >= 11 is 3.43. The molecular weight excluding hydrogens is 318 g/mol.